The zero-order chi connectivity index (χ0) is 12.4. The van der Waals surface area contributed by atoms with Crippen LogP contribution in [0.3, 0.4) is 0 Å². The molecule has 0 radical (unpaired) electrons. The fourth-order valence-electron chi connectivity index (χ4n) is 1.71. The van der Waals surface area contributed by atoms with Crippen molar-refractivity contribution >= 4 is 11.8 Å². The highest BCUT2D eigenvalue weighted by Gasteiger charge is 2.13. The van der Waals surface area contributed by atoms with Crippen molar-refractivity contribution in [3.8, 4) is 0 Å². The van der Waals surface area contributed by atoms with Crippen LogP contribution in [-0.2, 0) is 13.7 Å². The smallest absolute Gasteiger partial charge is 0.104 e. The van der Waals surface area contributed by atoms with Gasteiger partial charge >= 0.3 is 0 Å². The van der Waals surface area contributed by atoms with E-state index in [2.05, 4.69) is 36.3 Å². The Morgan fingerprint density at radius 2 is 1.88 bits per heavy atom. The zero-order valence-electron chi connectivity index (χ0n) is 10.3. The topological polar surface area (TPSA) is 38.1 Å². The Hall–Kier alpha value is -1.26. The van der Waals surface area contributed by atoms with E-state index in [-0.39, 0.29) is 6.61 Å². The van der Waals surface area contributed by atoms with Crippen molar-refractivity contribution < 1.29 is 5.11 Å². The highest BCUT2D eigenvalue weighted by atomic mass is 32.2. The Balaban J connectivity index is 2.32. The maximum atomic E-state index is 9.37. The van der Waals surface area contributed by atoms with Gasteiger partial charge in [0.15, 0.2) is 0 Å². The SMILES string of the molecule is Cc1ccc(Sc2c(CO)c(C)nn2C)cc1. The van der Waals surface area contributed by atoms with Crippen molar-refractivity contribution in [3.63, 3.8) is 0 Å². The molecule has 0 fully saturated rings. The van der Waals surface area contributed by atoms with Gasteiger partial charge < -0.3 is 5.11 Å². The Bertz CT molecular complexity index is 517. The predicted molar refractivity (Wildman–Crippen MR) is 69.2 cm³/mol. The quantitative estimate of drug-likeness (QED) is 0.907. The van der Waals surface area contributed by atoms with Crippen LogP contribution in [0.2, 0.25) is 0 Å². The molecule has 0 aliphatic heterocycles. The molecule has 0 saturated carbocycles. The lowest BCUT2D eigenvalue weighted by atomic mass is 10.2. The van der Waals surface area contributed by atoms with Crippen LogP contribution in [-0.4, -0.2) is 14.9 Å². The van der Waals surface area contributed by atoms with Gasteiger partial charge in [0.1, 0.15) is 5.03 Å². The summed E-state index contributed by atoms with van der Waals surface area (Å²) in [5, 5.41) is 14.7. The van der Waals surface area contributed by atoms with Gasteiger partial charge in [-0.15, -0.1) is 0 Å². The summed E-state index contributed by atoms with van der Waals surface area (Å²) < 4.78 is 1.82. The summed E-state index contributed by atoms with van der Waals surface area (Å²) in [4.78, 5) is 1.16. The Morgan fingerprint density at radius 3 is 2.47 bits per heavy atom. The summed E-state index contributed by atoms with van der Waals surface area (Å²) >= 11 is 1.64. The summed E-state index contributed by atoms with van der Waals surface area (Å²) in [5.74, 6) is 0. The average Bonchev–Trinajstić information content (AvgIpc) is 2.57. The molecule has 0 aliphatic rings. The van der Waals surface area contributed by atoms with Gasteiger partial charge in [-0.25, -0.2) is 0 Å². The molecule has 3 nitrogen and oxygen atoms in total. The van der Waals surface area contributed by atoms with E-state index in [1.54, 1.807) is 11.8 Å². The maximum absolute atomic E-state index is 9.37. The van der Waals surface area contributed by atoms with Crippen molar-refractivity contribution in [1.82, 2.24) is 9.78 Å². The van der Waals surface area contributed by atoms with Gasteiger partial charge in [0.25, 0.3) is 0 Å². The molecule has 1 aromatic carbocycles. The standard InChI is InChI=1S/C13H16N2OS/c1-9-4-6-11(7-5-9)17-13-12(8-16)10(2)14-15(13)3/h4-7,16H,8H2,1-3H3. The lowest BCUT2D eigenvalue weighted by Crippen LogP contribution is -1.93. The molecule has 0 unspecified atom stereocenters. The normalized spacial score (nSPS) is 10.8. The first-order chi connectivity index (χ1) is 8.11. The second-order valence-corrected chi connectivity index (χ2v) is 5.13. The van der Waals surface area contributed by atoms with Gasteiger partial charge in [-0.3, -0.25) is 4.68 Å². The largest absolute Gasteiger partial charge is 0.392 e. The van der Waals surface area contributed by atoms with E-state index in [0.717, 1.165) is 21.2 Å². The minimum absolute atomic E-state index is 0.0356. The van der Waals surface area contributed by atoms with Crippen molar-refractivity contribution in [2.45, 2.75) is 30.4 Å². The third-order valence-corrected chi connectivity index (χ3v) is 3.89. The Kier molecular flexibility index (Phi) is 3.54. The average molecular weight is 248 g/mol. The summed E-state index contributed by atoms with van der Waals surface area (Å²) in [6.45, 7) is 4.03. The van der Waals surface area contributed by atoms with Gasteiger partial charge in [0.05, 0.1) is 12.3 Å². The van der Waals surface area contributed by atoms with Gasteiger partial charge in [0, 0.05) is 17.5 Å². The van der Waals surface area contributed by atoms with Crippen LogP contribution in [0.5, 0.6) is 0 Å². The molecule has 2 rings (SSSR count). The van der Waals surface area contributed by atoms with Gasteiger partial charge in [0.2, 0.25) is 0 Å². The first-order valence-corrected chi connectivity index (χ1v) is 6.31. The molecular weight excluding hydrogens is 232 g/mol. The molecule has 90 valence electrons. The molecule has 0 spiro atoms. The molecule has 17 heavy (non-hydrogen) atoms. The van der Waals surface area contributed by atoms with E-state index >= 15 is 0 Å². The van der Waals surface area contributed by atoms with Gasteiger partial charge in [-0.05, 0) is 26.0 Å². The van der Waals surface area contributed by atoms with Gasteiger partial charge in [-0.2, -0.15) is 5.10 Å². The number of rotatable bonds is 3. The fraction of sp³-hybridized carbons (Fsp3) is 0.308. The molecule has 0 aliphatic carbocycles. The van der Waals surface area contributed by atoms with Crippen LogP contribution in [0.15, 0.2) is 34.2 Å². The third-order valence-electron chi connectivity index (χ3n) is 2.68. The highest BCUT2D eigenvalue weighted by molar-refractivity contribution is 7.99. The number of aromatic nitrogens is 2. The maximum Gasteiger partial charge on any atom is 0.104 e. The molecule has 0 saturated heterocycles. The van der Waals surface area contributed by atoms with Crippen molar-refractivity contribution in [2.24, 2.45) is 7.05 Å². The van der Waals surface area contributed by atoms with E-state index in [1.165, 1.54) is 5.56 Å². The lowest BCUT2D eigenvalue weighted by Gasteiger charge is -2.04. The molecular formula is C13H16N2OS. The first-order valence-electron chi connectivity index (χ1n) is 5.49. The number of nitrogens with zero attached hydrogens (tertiary/aromatic N) is 2. The molecule has 0 atom stereocenters. The first kappa shape index (κ1) is 12.2. The number of aliphatic hydroxyl groups is 1. The summed E-state index contributed by atoms with van der Waals surface area (Å²) in [5.41, 5.74) is 3.06. The van der Waals surface area contributed by atoms with Crippen LogP contribution >= 0.6 is 11.8 Å². The summed E-state index contributed by atoms with van der Waals surface area (Å²) in [6.07, 6.45) is 0. The summed E-state index contributed by atoms with van der Waals surface area (Å²) in [6, 6.07) is 8.35. The molecule has 0 amide bonds. The van der Waals surface area contributed by atoms with Crippen LogP contribution in [0.1, 0.15) is 16.8 Å². The number of hydrogen-bond donors (Lipinski definition) is 1. The van der Waals surface area contributed by atoms with Crippen LogP contribution in [0.4, 0.5) is 0 Å². The number of hydrogen-bond acceptors (Lipinski definition) is 3. The van der Waals surface area contributed by atoms with Gasteiger partial charge in [-0.1, -0.05) is 29.5 Å². The van der Waals surface area contributed by atoms with E-state index in [4.69, 9.17) is 0 Å². The van der Waals surface area contributed by atoms with E-state index in [9.17, 15) is 5.11 Å². The highest BCUT2D eigenvalue weighted by Crippen LogP contribution is 2.31. The van der Waals surface area contributed by atoms with Crippen LogP contribution < -0.4 is 0 Å². The Morgan fingerprint density at radius 1 is 1.24 bits per heavy atom. The lowest BCUT2D eigenvalue weighted by molar-refractivity contribution is 0.277. The van der Waals surface area contributed by atoms with E-state index in [1.807, 2.05) is 18.7 Å². The molecule has 1 N–H and O–H groups in total. The number of benzene rings is 1. The minimum atomic E-state index is 0.0356. The van der Waals surface area contributed by atoms with E-state index in [0.29, 0.717) is 0 Å². The minimum Gasteiger partial charge on any atom is -0.392 e. The van der Waals surface area contributed by atoms with Crippen LogP contribution in [0.25, 0.3) is 0 Å². The molecule has 2 aromatic rings. The second-order valence-electron chi connectivity index (χ2n) is 4.07. The van der Waals surface area contributed by atoms with Crippen molar-refractivity contribution in [2.75, 3.05) is 0 Å². The van der Waals surface area contributed by atoms with E-state index < -0.39 is 0 Å². The second kappa shape index (κ2) is 4.94. The monoisotopic (exact) mass is 248 g/mol. The molecule has 1 aromatic heterocycles. The fourth-order valence-corrected chi connectivity index (χ4v) is 2.71. The van der Waals surface area contributed by atoms with Crippen molar-refractivity contribution in [1.29, 1.82) is 0 Å². The predicted octanol–water partition coefficient (Wildman–Crippen LogP) is 2.68. The molecule has 1 heterocycles. The third kappa shape index (κ3) is 2.53. The number of aliphatic hydroxyl groups excluding tert-OH is 1. The number of aryl methyl sites for hydroxylation is 3. The Labute approximate surface area is 105 Å². The van der Waals surface area contributed by atoms with Crippen molar-refractivity contribution in [3.05, 3.63) is 41.1 Å². The zero-order valence-corrected chi connectivity index (χ0v) is 11.1. The van der Waals surface area contributed by atoms with Crippen LogP contribution in [0, 0.1) is 13.8 Å². The molecule has 4 heteroatoms. The molecule has 0 bridgehead atoms. The summed E-state index contributed by atoms with van der Waals surface area (Å²) in [7, 11) is 1.91.